The van der Waals surface area contributed by atoms with Crippen molar-refractivity contribution in [2.75, 3.05) is 6.61 Å². The number of rotatable bonds is 5. The van der Waals surface area contributed by atoms with Gasteiger partial charge < -0.3 is 10.8 Å². The normalized spacial score (nSPS) is 12.4. The zero-order valence-corrected chi connectivity index (χ0v) is 11.8. The number of carbonyl (C=O) groups is 1. The molecule has 0 aromatic heterocycles. The highest BCUT2D eigenvalue weighted by Gasteiger charge is 2.23. The van der Waals surface area contributed by atoms with Gasteiger partial charge in [0.05, 0.1) is 12.2 Å². The van der Waals surface area contributed by atoms with E-state index in [4.69, 9.17) is 5.73 Å². The van der Waals surface area contributed by atoms with Crippen molar-refractivity contribution in [3.8, 4) is 0 Å². The molecule has 7 heteroatoms. The summed E-state index contributed by atoms with van der Waals surface area (Å²) in [5.74, 6) is -4.01. The summed E-state index contributed by atoms with van der Waals surface area (Å²) >= 11 is 0. The first-order valence-corrected chi connectivity index (χ1v) is 6.62. The van der Waals surface area contributed by atoms with E-state index < -0.39 is 47.6 Å². The quantitative estimate of drug-likeness (QED) is 0.829. The molecule has 0 aliphatic rings. The third-order valence-electron chi connectivity index (χ3n) is 3.45. The van der Waals surface area contributed by atoms with Crippen LogP contribution in [0.15, 0.2) is 36.4 Å². The molecule has 23 heavy (non-hydrogen) atoms. The number of hydrogen-bond acceptors (Lipinski definition) is 2. The molecule has 0 spiro atoms. The van der Waals surface area contributed by atoms with Gasteiger partial charge in [-0.2, -0.15) is 0 Å². The van der Waals surface area contributed by atoms with E-state index in [1.807, 2.05) is 0 Å². The first-order chi connectivity index (χ1) is 10.8. The Morgan fingerprint density at radius 3 is 2.35 bits per heavy atom. The second kappa shape index (κ2) is 6.78. The fourth-order valence-electron chi connectivity index (χ4n) is 2.36. The van der Waals surface area contributed by atoms with Gasteiger partial charge in [-0.15, -0.1) is 0 Å². The minimum absolute atomic E-state index is 0.0247. The largest absolute Gasteiger partial charge is 0.395 e. The molecule has 1 unspecified atom stereocenters. The topological polar surface area (TPSA) is 63.3 Å². The van der Waals surface area contributed by atoms with Crippen molar-refractivity contribution in [1.29, 1.82) is 0 Å². The Balaban J connectivity index is 2.57. The molecular weight excluding hydrogens is 314 g/mol. The number of primary amides is 1. The second-order valence-electron chi connectivity index (χ2n) is 4.93. The molecule has 2 rings (SSSR count). The number of hydrogen-bond donors (Lipinski definition) is 2. The summed E-state index contributed by atoms with van der Waals surface area (Å²) in [6, 6.07) is 6.36. The molecule has 1 atom stereocenters. The highest BCUT2D eigenvalue weighted by molar-refractivity contribution is 5.93. The molecular formula is C16H13F4NO2. The van der Waals surface area contributed by atoms with Crippen molar-refractivity contribution < 1.29 is 27.5 Å². The second-order valence-corrected chi connectivity index (χ2v) is 4.93. The Morgan fingerprint density at radius 2 is 1.78 bits per heavy atom. The highest BCUT2D eigenvalue weighted by Crippen LogP contribution is 2.31. The van der Waals surface area contributed by atoms with Gasteiger partial charge in [-0.3, -0.25) is 4.79 Å². The van der Waals surface area contributed by atoms with Crippen molar-refractivity contribution in [1.82, 2.24) is 0 Å². The monoisotopic (exact) mass is 327 g/mol. The van der Waals surface area contributed by atoms with Gasteiger partial charge in [-0.25, -0.2) is 17.6 Å². The molecule has 0 bridgehead atoms. The molecule has 2 aromatic carbocycles. The number of alkyl halides is 2. The molecule has 3 nitrogen and oxygen atoms in total. The predicted octanol–water partition coefficient (Wildman–Crippen LogP) is 3.13. The number of aliphatic hydroxyl groups is 1. The lowest BCUT2D eigenvalue weighted by atomic mass is 9.89. The Morgan fingerprint density at radius 1 is 1.13 bits per heavy atom. The van der Waals surface area contributed by atoms with Gasteiger partial charge in [0, 0.05) is 11.5 Å². The first-order valence-electron chi connectivity index (χ1n) is 6.62. The van der Waals surface area contributed by atoms with E-state index in [0.29, 0.717) is 6.07 Å². The fourth-order valence-corrected chi connectivity index (χ4v) is 2.36. The van der Waals surface area contributed by atoms with Crippen LogP contribution in [0.1, 0.15) is 39.4 Å². The molecule has 0 saturated carbocycles. The number of benzene rings is 2. The Bertz CT molecular complexity index is 734. The number of carbonyl (C=O) groups excluding carboxylic acids is 1. The lowest BCUT2D eigenvalue weighted by Gasteiger charge is -2.18. The molecule has 0 radical (unpaired) electrons. The number of aliphatic hydroxyl groups excluding tert-OH is 1. The third-order valence-corrected chi connectivity index (χ3v) is 3.45. The minimum atomic E-state index is -2.91. The maximum Gasteiger partial charge on any atom is 0.263 e. The SMILES string of the molecule is NC(=O)c1cccc(C(CO)c2cc(F)cc(C(F)F)c2)c1F. The molecule has 122 valence electrons. The van der Waals surface area contributed by atoms with E-state index in [1.165, 1.54) is 12.1 Å². The van der Waals surface area contributed by atoms with E-state index in [1.54, 1.807) is 0 Å². The van der Waals surface area contributed by atoms with Crippen molar-refractivity contribution in [2.24, 2.45) is 5.73 Å². The summed E-state index contributed by atoms with van der Waals surface area (Å²) < 4.78 is 53.4. The summed E-state index contributed by atoms with van der Waals surface area (Å²) in [6.07, 6.45) is -2.91. The van der Waals surface area contributed by atoms with Crippen LogP contribution in [0.5, 0.6) is 0 Å². The van der Waals surface area contributed by atoms with Crippen LogP contribution in [0.25, 0.3) is 0 Å². The standard InChI is InChI=1S/C16H13F4NO2/c17-10-5-8(4-9(6-10)15(19)20)13(7-22)11-2-1-3-12(14(11)18)16(21)23/h1-6,13,15,22H,7H2,(H2,21,23). The summed E-state index contributed by atoms with van der Waals surface area (Å²) in [5, 5.41) is 9.51. The van der Waals surface area contributed by atoms with Gasteiger partial charge in [-0.1, -0.05) is 12.1 Å². The van der Waals surface area contributed by atoms with Gasteiger partial charge in [0.15, 0.2) is 0 Å². The maximum absolute atomic E-state index is 14.4. The smallest absolute Gasteiger partial charge is 0.263 e. The fraction of sp³-hybridized carbons (Fsp3) is 0.188. The predicted molar refractivity (Wildman–Crippen MR) is 75.2 cm³/mol. The average Bonchev–Trinajstić information content (AvgIpc) is 2.48. The molecule has 0 fully saturated rings. The molecule has 1 amide bonds. The van der Waals surface area contributed by atoms with Gasteiger partial charge in [-0.05, 0) is 35.4 Å². The van der Waals surface area contributed by atoms with Crippen molar-refractivity contribution >= 4 is 5.91 Å². The summed E-state index contributed by atoms with van der Waals surface area (Å²) in [6.45, 7) is -0.661. The average molecular weight is 327 g/mol. The van der Waals surface area contributed by atoms with Crippen molar-refractivity contribution in [3.63, 3.8) is 0 Å². The van der Waals surface area contributed by atoms with Crippen LogP contribution in [-0.4, -0.2) is 17.6 Å². The molecule has 0 heterocycles. The van der Waals surface area contributed by atoms with E-state index in [-0.39, 0.29) is 11.1 Å². The number of halogens is 4. The van der Waals surface area contributed by atoms with E-state index in [2.05, 4.69) is 0 Å². The Hall–Kier alpha value is -2.41. The number of nitrogens with two attached hydrogens (primary N) is 1. The van der Waals surface area contributed by atoms with Crippen LogP contribution in [0.2, 0.25) is 0 Å². The summed E-state index contributed by atoms with van der Waals surface area (Å²) in [4.78, 5) is 11.2. The molecule has 0 aliphatic heterocycles. The van der Waals surface area contributed by atoms with E-state index in [9.17, 15) is 27.5 Å². The first kappa shape index (κ1) is 17.0. The van der Waals surface area contributed by atoms with Crippen molar-refractivity contribution in [3.05, 3.63) is 70.3 Å². The van der Waals surface area contributed by atoms with Crippen LogP contribution in [0, 0.1) is 11.6 Å². The minimum Gasteiger partial charge on any atom is -0.395 e. The van der Waals surface area contributed by atoms with Gasteiger partial charge in [0.25, 0.3) is 12.3 Å². The zero-order chi connectivity index (χ0) is 17.1. The highest BCUT2D eigenvalue weighted by atomic mass is 19.3. The van der Waals surface area contributed by atoms with Gasteiger partial charge in [0.2, 0.25) is 0 Å². The molecule has 3 N–H and O–H groups in total. The molecule has 0 aliphatic carbocycles. The summed E-state index contributed by atoms with van der Waals surface area (Å²) in [5.41, 5.74) is 3.92. The van der Waals surface area contributed by atoms with Crippen molar-refractivity contribution in [2.45, 2.75) is 12.3 Å². The lowest BCUT2D eigenvalue weighted by molar-refractivity contribution is 0.0996. The van der Waals surface area contributed by atoms with Crippen LogP contribution >= 0.6 is 0 Å². The summed E-state index contributed by atoms with van der Waals surface area (Å²) in [7, 11) is 0. The van der Waals surface area contributed by atoms with Gasteiger partial charge in [0.1, 0.15) is 11.6 Å². The van der Waals surface area contributed by atoms with E-state index >= 15 is 0 Å². The lowest BCUT2D eigenvalue weighted by Crippen LogP contribution is -2.17. The Kier molecular flexibility index (Phi) is 5.00. The zero-order valence-electron chi connectivity index (χ0n) is 11.8. The molecule has 2 aromatic rings. The van der Waals surface area contributed by atoms with Crippen LogP contribution in [0.4, 0.5) is 17.6 Å². The maximum atomic E-state index is 14.4. The Labute approximate surface area is 129 Å². The van der Waals surface area contributed by atoms with E-state index in [0.717, 1.165) is 18.2 Å². The third kappa shape index (κ3) is 3.50. The molecule has 0 saturated heterocycles. The number of amides is 1. The van der Waals surface area contributed by atoms with Crippen LogP contribution in [-0.2, 0) is 0 Å². The van der Waals surface area contributed by atoms with Crippen LogP contribution < -0.4 is 5.73 Å². The van der Waals surface area contributed by atoms with Crippen LogP contribution in [0.3, 0.4) is 0 Å². The van der Waals surface area contributed by atoms with Gasteiger partial charge >= 0.3 is 0 Å².